The van der Waals surface area contributed by atoms with Crippen molar-refractivity contribution in [3.8, 4) is 0 Å². The molecular formula is C20H27N3O2S. The number of carbonyl (C=O) groups excluding carboxylic acids is 2. The lowest BCUT2D eigenvalue weighted by Gasteiger charge is -2.56. The Bertz CT molecular complexity index is 708. The Morgan fingerprint density at radius 3 is 2.42 bits per heavy atom. The topological polar surface area (TPSA) is 62.3 Å². The highest BCUT2D eigenvalue weighted by molar-refractivity contribution is 7.13. The molecule has 2 heterocycles. The van der Waals surface area contributed by atoms with Crippen LogP contribution in [0.4, 0.5) is 5.13 Å². The van der Waals surface area contributed by atoms with Gasteiger partial charge in [-0.1, -0.05) is 0 Å². The highest BCUT2D eigenvalue weighted by Gasteiger charge is 2.56. The van der Waals surface area contributed by atoms with Gasteiger partial charge in [0.15, 0.2) is 5.13 Å². The minimum atomic E-state index is -0.320. The van der Waals surface area contributed by atoms with E-state index in [4.69, 9.17) is 0 Å². The van der Waals surface area contributed by atoms with Gasteiger partial charge < -0.3 is 10.2 Å². The zero-order valence-electron chi connectivity index (χ0n) is 15.4. The lowest BCUT2D eigenvalue weighted by Crippen LogP contribution is -2.56. The number of amides is 2. The number of aromatic nitrogens is 1. The van der Waals surface area contributed by atoms with Gasteiger partial charge >= 0.3 is 0 Å². The van der Waals surface area contributed by atoms with E-state index in [0.29, 0.717) is 5.13 Å². The van der Waals surface area contributed by atoms with Crippen molar-refractivity contribution in [3.63, 3.8) is 0 Å². The number of carbonyl (C=O) groups is 2. The first kappa shape index (κ1) is 16.7. The van der Waals surface area contributed by atoms with Crippen molar-refractivity contribution < 1.29 is 9.59 Å². The summed E-state index contributed by atoms with van der Waals surface area (Å²) in [7, 11) is 0. The van der Waals surface area contributed by atoms with Crippen LogP contribution in [0.15, 0.2) is 5.38 Å². The van der Waals surface area contributed by atoms with Gasteiger partial charge in [0.25, 0.3) is 0 Å². The number of likely N-dealkylation sites (tertiary alicyclic amines) is 1. The first-order valence-corrected chi connectivity index (χ1v) is 10.9. The summed E-state index contributed by atoms with van der Waals surface area (Å²) >= 11 is 1.45. The number of rotatable bonds is 3. The molecule has 5 nitrogen and oxygen atoms in total. The molecule has 0 aromatic carbocycles. The highest BCUT2D eigenvalue weighted by atomic mass is 32.1. The fourth-order valence-electron chi connectivity index (χ4n) is 6.56. The molecule has 4 saturated carbocycles. The summed E-state index contributed by atoms with van der Waals surface area (Å²) < 4.78 is 0. The molecule has 1 aromatic rings. The Labute approximate surface area is 158 Å². The maximum absolute atomic E-state index is 13.6. The average Bonchev–Trinajstić information content (AvgIpc) is 3.22. The van der Waals surface area contributed by atoms with E-state index in [2.05, 4.69) is 10.3 Å². The van der Waals surface area contributed by atoms with E-state index in [1.165, 1.54) is 30.6 Å². The molecule has 5 aliphatic rings. The molecule has 6 heteroatoms. The molecule has 0 spiro atoms. The second kappa shape index (κ2) is 6.04. The number of hydrogen-bond acceptors (Lipinski definition) is 4. The minimum absolute atomic E-state index is 0.0603. The molecule has 140 valence electrons. The summed E-state index contributed by atoms with van der Waals surface area (Å²) in [4.78, 5) is 32.7. The van der Waals surface area contributed by atoms with Gasteiger partial charge in [0.2, 0.25) is 11.8 Å². The van der Waals surface area contributed by atoms with Gasteiger partial charge in [0.05, 0.1) is 11.1 Å². The minimum Gasteiger partial charge on any atom is -0.330 e. The molecule has 0 radical (unpaired) electrons. The van der Waals surface area contributed by atoms with Gasteiger partial charge in [-0.15, -0.1) is 11.3 Å². The van der Waals surface area contributed by atoms with Crippen LogP contribution in [0.1, 0.15) is 57.1 Å². The predicted octanol–water partition coefficient (Wildman–Crippen LogP) is 3.60. The Kier molecular flexibility index (Phi) is 3.89. The Hall–Kier alpha value is -1.43. The Balaban J connectivity index is 1.34. The summed E-state index contributed by atoms with van der Waals surface area (Å²) in [5.41, 5.74) is 0.758. The van der Waals surface area contributed by atoms with Crippen molar-refractivity contribution in [3.05, 3.63) is 11.1 Å². The average molecular weight is 374 g/mol. The molecule has 4 bridgehead atoms. The molecule has 1 atom stereocenters. The molecule has 0 unspecified atom stereocenters. The molecule has 2 amide bonds. The molecule has 1 aliphatic heterocycles. The third-order valence-electron chi connectivity index (χ3n) is 7.16. The van der Waals surface area contributed by atoms with Gasteiger partial charge in [-0.25, -0.2) is 4.98 Å². The number of aryl methyl sites for hydroxylation is 1. The van der Waals surface area contributed by atoms with Gasteiger partial charge in [-0.3, -0.25) is 9.59 Å². The molecule has 1 saturated heterocycles. The van der Waals surface area contributed by atoms with Gasteiger partial charge in [0.1, 0.15) is 6.04 Å². The highest BCUT2D eigenvalue weighted by Crippen LogP contribution is 2.60. The SMILES string of the molecule is Cc1csc(NC(=O)[C@H]2CCCN2C(=O)C23CC4CC(CC(C4)C2)C3)n1. The molecule has 5 fully saturated rings. The molecule has 1 N–H and O–H groups in total. The molecule has 26 heavy (non-hydrogen) atoms. The van der Waals surface area contributed by atoms with E-state index in [1.807, 2.05) is 17.2 Å². The third-order valence-corrected chi connectivity index (χ3v) is 8.03. The normalized spacial score (nSPS) is 38.0. The van der Waals surface area contributed by atoms with Crippen molar-refractivity contribution in [2.24, 2.45) is 23.2 Å². The van der Waals surface area contributed by atoms with Crippen LogP contribution in [0.3, 0.4) is 0 Å². The lowest BCUT2D eigenvalue weighted by atomic mass is 9.49. The van der Waals surface area contributed by atoms with Crippen LogP contribution >= 0.6 is 11.3 Å². The van der Waals surface area contributed by atoms with Crippen molar-refractivity contribution in [2.75, 3.05) is 11.9 Å². The molecular weight excluding hydrogens is 346 g/mol. The van der Waals surface area contributed by atoms with Crippen LogP contribution < -0.4 is 5.32 Å². The van der Waals surface area contributed by atoms with Crippen LogP contribution in [0.5, 0.6) is 0 Å². The number of nitrogens with one attached hydrogen (secondary N) is 1. The lowest BCUT2D eigenvalue weighted by molar-refractivity contribution is -0.160. The van der Waals surface area contributed by atoms with Crippen molar-refractivity contribution >= 4 is 28.3 Å². The van der Waals surface area contributed by atoms with Crippen LogP contribution in [0.2, 0.25) is 0 Å². The van der Waals surface area contributed by atoms with Crippen molar-refractivity contribution in [1.29, 1.82) is 0 Å². The molecule has 6 rings (SSSR count). The number of nitrogens with zero attached hydrogens (tertiary/aromatic N) is 2. The van der Waals surface area contributed by atoms with Crippen molar-refractivity contribution in [1.82, 2.24) is 9.88 Å². The van der Waals surface area contributed by atoms with E-state index in [9.17, 15) is 9.59 Å². The van der Waals surface area contributed by atoms with Crippen LogP contribution in [0, 0.1) is 30.1 Å². The van der Waals surface area contributed by atoms with E-state index in [0.717, 1.165) is 62.1 Å². The standard InChI is InChI=1S/C20H27N3O2S/c1-12-11-26-19(21-12)22-17(24)16-3-2-4-23(16)18(25)20-8-13-5-14(9-20)7-15(6-13)10-20/h11,13-16H,2-10H2,1H3,(H,21,22,24)/t13?,14?,15?,16-,20?/m1/s1. The fraction of sp³-hybridized carbons (Fsp3) is 0.750. The van der Waals surface area contributed by atoms with E-state index >= 15 is 0 Å². The number of hydrogen-bond donors (Lipinski definition) is 1. The van der Waals surface area contributed by atoms with Gasteiger partial charge in [0, 0.05) is 11.9 Å². The van der Waals surface area contributed by atoms with Crippen LogP contribution in [-0.4, -0.2) is 34.3 Å². The zero-order chi connectivity index (χ0) is 17.9. The van der Waals surface area contributed by atoms with E-state index < -0.39 is 0 Å². The summed E-state index contributed by atoms with van der Waals surface area (Å²) in [6, 6.07) is -0.320. The van der Waals surface area contributed by atoms with Crippen LogP contribution in [-0.2, 0) is 9.59 Å². The zero-order valence-corrected chi connectivity index (χ0v) is 16.2. The summed E-state index contributed by atoms with van der Waals surface area (Å²) in [5.74, 6) is 2.47. The second-order valence-electron chi connectivity index (χ2n) is 9.14. The third kappa shape index (κ3) is 2.68. The number of anilines is 1. The maximum Gasteiger partial charge on any atom is 0.248 e. The fourth-order valence-corrected chi connectivity index (χ4v) is 7.25. The van der Waals surface area contributed by atoms with Crippen molar-refractivity contribution in [2.45, 2.75) is 64.3 Å². The molecule has 1 aromatic heterocycles. The van der Waals surface area contributed by atoms with E-state index in [1.54, 1.807) is 0 Å². The smallest absolute Gasteiger partial charge is 0.248 e. The Morgan fingerprint density at radius 1 is 1.19 bits per heavy atom. The largest absolute Gasteiger partial charge is 0.330 e. The summed E-state index contributed by atoms with van der Waals surface area (Å²) in [6.45, 7) is 2.65. The Morgan fingerprint density at radius 2 is 1.85 bits per heavy atom. The number of thiazole rings is 1. The van der Waals surface area contributed by atoms with Gasteiger partial charge in [-0.2, -0.15) is 0 Å². The predicted molar refractivity (Wildman–Crippen MR) is 101 cm³/mol. The first-order valence-electron chi connectivity index (χ1n) is 10.1. The van der Waals surface area contributed by atoms with E-state index in [-0.39, 0.29) is 23.3 Å². The maximum atomic E-state index is 13.6. The quantitative estimate of drug-likeness (QED) is 0.881. The second-order valence-corrected chi connectivity index (χ2v) is 10.00. The summed E-state index contributed by atoms with van der Waals surface area (Å²) in [5, 5.41) is 5.51. The molecule has 4 aliphatic carbocycles. The van der Waals surface area contributed by atoms with Gasteiger partial charge in [-0.05, 0) is 76.0 Å². The monoisotopic (exact) mass is 373 g/mol. The van der Waals surface area contributed by atoms with Crippen LogP contribution in [0.25, 0.3) is 0 Å². The first-order chi connectivity index (χ1) is 12.5. The summed E-state index contributed by atoms with van der Waals surface area (Å²) in [6.07, 6.45) is 8.89.